The molecule has 0 radical (unpaired) electrons. The molecule has 4 heterocycles. The number of hydrogen-bond acceptors (Lipinski definition) is 11. The van der Waals surface area contributed by atoms with Gasteiger partial charge in [0.2, 0.25) is 11.8 Å². The molecule has 1 aliphatic carbocycles. The molecule has 0 bridgehead atoms. The number of pyridine rings is 1. The van der Waals surface area contributed by atoms with Crippen LogP contribution < -0.4 is 14.8 Å². The maximum Gasteiger partial charge on any atom is 0.266 e. The van der Waals surface area contributed by atoms with Gasteiger partial charge in [-0.25, -0.2) is 4.68 Å². The van der Waals surface area contributed by atoms with Crippen molar-refractivity contribution < 1.29 is 38.6 Å². The number of ether oxygens (including phenoxy) is 3. The summed E-state index contributed by atoms with van der Waals surface area (Å²) < 4.78 is 19.2. The number of carbonyl (C=O) groups is 4. The number of nitrogens with zero attached hydrogens (tertiary/aromatic N) is 5. The molecule has 1 saturated heterocycles. The summed E-state index contributed by atoms with van der Waals surface area (Å²) in [5, 5.41) is 20.0. The van der Waals surface area contributed by atoms with Gasteiger partial charge in [-0.3, -0.25) is 34.4 Å². The quantitative estimate of drug-likeness (QED) is 0.0801. The van der Waals surface area contributed by atoms with Gasteiger partial charge < -0.3 is 19.4 Å². The van der Waals surface area contributed by atoms with Crippen LogP contribution >= 0.6 is 0 Å². The second-order valence-electron chi connectivity index (χ2n) is 12.9. The van der Waals surface area contributed by atoms with Crippen LogP contribution in [0.4, 0.5) is 0 Å². The number of amides is 4. The van der Waals surface area contributed by atoms with Crippen LogP contribution in [0, 0.1) is 0 Å². The van der Waals surface area contributed by atoms with Crippen molar-refractivity contribution in [1.82, 2.24) is 25.0 Å². The summed E-state index contributed by atoms with van der Waals surface area (Å²) in [4.78, 5) is 55.3. The van der Waals surface area contributed by atoms with E-state index >= 15 is 0 Å². The fourth-order valence-corrected chi connectivity index (χ4v) is 7.01. The number of piperidine rings is 1. The van der Waals surface area contributed by atoms with E-state index in [2.05, 4.69) is 21.5 Å². The van der Waals surface area contributed by atoms with Gasteiger partial charge in [0.15, 0.2) is 0 Å². The summed E-state index contributed by atoms with van der Waals surface area (Å²) in [6.07, 6.45) is 7.14. The minimum Gasteiger partial charge on any atom is -0.491 e. The van der Waals surface area contributed by atoms with Gasteiger partial charge in [-0.2, -0.15) is 5.10 Å². The molecule has 2 aromatic heterocycles. The summed E-state index contributed by atoms with van der Waals surface area (Å²) >= 11 is 0. The second-order valence-corrected chi connectivity index (χ2v) is 12.9. The van der Waals surface area contributed by atoms with Crippen molar-refractivity contribution in [3.63, 3.8) is 0 Å². The van der Waals surface area contributed by atoms with Crippen LogP contribution in [-0.2, 0) is 20.7 Å². The SMILES string of the molecule is O=C1CCC(N2C(=O)c3cccc(OCCOCCOc4ccc(-n5cc(-c6ccc7c(c6)CCC7=NO)c(-c6ccncc6)n5)cc4)c3C2=O)C(=O)N1. The van der Waals surface area contributed by atoms with Gasteiger partial charge in [0, 0.05) is 41.7 Å². The Kier molecular flexibility index (Phi) is 9.40. The number of carbonyl (C=O) groups excluding carboxylic acids is 4. The normalized spacial score (nSPS) is 17.1. The van der Waals surface area contributed by atoms with Crippen molar-refractivity contribution in [2.75, 3.05) is 26.4 Å². The van der Waals surface area contributed by atoms with Crippen molar-refractivity contribution in [2.24, 2.45) is 5.16 Å². The van der Waals surface area contributed by atoms with Crippen LogP contribution in [0.2, 0.25) is 0 Å². The highest BCUT2D eigenvalue weighted by molar-refractivity contribution is 6.24. The van der Waals surface area contributed by atoms with E-state index in [0.29, 0.717) is 17.9 Å². The number of oxime groups is 1. The second kappa shape index (κ2) is 14.8. The number of fused-ring (bicyclic) bond motifs is 2. The Morgan fingerprint density at radius 3 is 2.37 bits per heavy atom. The molecule has 2 aliphatic heterocycles. The molecule has 1 atom stereocenters. The lowest BCUT2D eigenvalue weighted by atomic mass is 9.98. The molecule has 272 valence electrons. The Bertz CT molecular complexity index is 2300. The maximum absolute atomic E-state index is 13.2. The lowest BCUT2D eigenvalue weighted by Crippen LogP contribution is -2.54. The lowest BCUT2D eigenvalue weighted by Gasteiger charge is -2.27. The highest BCUT2D eigenvalue weighted by atomic mass is 16.5. The average molecular weight is 727 g/mol. The topological polar surface area (TPSA) is 175 Å². The number of nitrogens with one attached hydrogen (secondary N) is 1. The smallest absolute Gasteiger partial charge is 0.266 e. The summed E-state index contributed by atoms with van der Waals surface area (Å²) in [5.41, 5.74) is 7.65. The lowest BCUT2D eigenvalue weighted by molar-refractivity contribution is -0.136. The number of imide groups is 2. The first-order valence-corrected chi connectivity index (χ1v) is 17.5. The zero-order valence-corrected chi connectivity index (χ0v) is 28.9. The average Bonchev–Trinajstić information content (AvgIpc) is 3.89. The minimum absolute atomic E-state index is 0.0438. The first kappa shape index (κ1) is 34.4. The maximum atomic E-state index is 13.2. The third-order valence-corrected chi connectivity index (χ3v) is 9.66. The third kappa shape index (κ3) is 6.58. The predicted octanol–water partition coefficient (Wildman–Crippen LogP) is 4.60. The standard InChI is InChI=1S/C40H34N6O8/c47-35-13-12-33(38(48)42-35)46-39(49)30-2-1-3-34(36(30)40(46)50)54-21-19-52-18-20-53-28-8-6-27(7-9-28)45-23-31(37(43-45)24-14-16-41-17-15-24)26-4-10-29-25(22-26)5-11-32(29)44-51/h1-4,6-10,14-17,22-23,33,51H,5,11-13,18-21H2,(H,42,47,48). The van der Waals surface area contributed by atoms with Crippen LogP contribution in [0.5, 0.6) is 11.5 Å². The molecular formula is C40H34N6O8. The van der Waals surface area contributed by atoms with Crippen molar-refractivity contribution in [3.8, 4) is 39.6 Å². The molecule has 1 unspecified atom stereocenters. The van der Waals surface area contributed by atoms with Crippen molar-refractivity contribution >= 4 is 29.3 Å². The molecule has 3 aromatic carbocycles. The summed E-state index contributed by atoms with van der Waals surface area (Å²) in [6.45, 7) is 0.880. The summed E-state index contributed by atoms with van der Waals surface area (Å²) in [5.74, 6) is -1.45. The molecule has 54 heavy (non-hydrogen) atoms. The molecule has 0 spiro atoms. The van der Waals surface area contributed by atoms with Gasteiger partial charge in [-0.15, -0.1) is 0 Å². The van der Waals surface area contributed by atoms with Gasteiger partial charge in [0.25, 0.3) is 11.8 Å². The molecule has 8 rings (SSSR count). The molecule has 4 amide bonds. The fraction of sp³-hybridized carbons (Fsp3) is 0.225. The minimum atomic E-state index is -1.05. The number of rotatable bonds is 12. The van der Waals surface area contributed by atoms with Gasteiger partial charge >= 0.3 is 0 Å². The van der Waals surface area contributed by atoms with E-state index in [0.717, 1.165) is 50.5 Å². The molecule has 3 aliphatic rings. The Morgan fingerprint density at radius 1 is 0.796 bits per heavy atom. The number of benzene rings is 3. The molecule has 1 fully saturated rings. The van der Waals surface area contributed by atoms with Crippen LogP contribution in [0.3, 0.4) is 0 Å². The van der Waals surface area contributed by atoms with Crippen LogP contribution in [-0.4, -0.2) is 86.7 Å². The van der Waals surface area contributed by atoms with E-state index in [1.54, 1.807) is 24.5 Å². The van der Waals surface area contributed by atoms with Crippen LogP contribution in [0.1, 0.15) is 51.1 Å². The van der Waals surface area contributed by atoms with E-state index in [1.165, 1.54) is 6.07 Å². The highest BCUT2D eigenvalue weighted by Gasteiger charge is 2.46. The van der Waals surface area contributed by atoms with Crippen molar-refractivity contribution in [1.29, 1.82) is 0 Å². The summed E-state index contributed by atoms with van der Waals surface area (Å²) in [6, 6.07) is 21.3. The van der Waals surface area contributed by atoms with Gasteiger partial charge in [0.05, 0.1) is 35.7 Å². The highest BCUT2D eigenvalue weighted by Crippen LogP contribution is 2.36. The number of hydrogen-bond donors (Lipinski definition) is 2. The Balaban J connectivity index is 0.853. The Labute approximate surface area is 309 Å². The molecule has 14 nitrogen and oxygen atoms in total. The van der Waals surface area contributed by atoms with E-state index < -0.39 is 29.7 Å². The van der Waals surface area contributed by atoms with Crippen molar-refractivity contribution in [2.45, 2.75) is 31.7 Å². The first-order chi connectivity index (χ1) is 26.4. The Hall–Kier alpha value is -6.67. The van der Waals surface area contributed by atoms with Crippen LogP contribution in [0.25, 0.3) is 28.1 Å². The number of aryl methyl sites for hydroxylation is 1. The van der Waals surface area contributed by atoms with Gasteiger partial charge in [-0.05, 0) is 78.9 Å². The summed E-state index contributed by atoms with van der Waals surface area (Å²) in [7, 11) is 0. The zero-order valence-electron chi connectivity index (χ0n) is 28.9. The van der Waals surface area contributed by atoms with E-state index in [9.17, 15) is 24.4 Å². The van der Waals surface area contributed by atoms with Gasteiger partial charge in [-0.1, -0.05) is 29.4 Å². The third-order valence-electron chi connectivity index (χ3n) is 9.66. The van der Waals surface area contributed by atoms with E-state index in [-0.39, 0.29) is 56.1 Å². The molecule has 2 N–H and O–H groups in total. The fourth-order valence-electron chi connectivity index (χ4n) is 7.01. The van der Waals surface area contributed by atoms with E-state index in [1.807, 2.05) is 59.4 Å². The van der Waals surface area contributed by atoms with Crippen molar-refractivity contribution in [3.05, 3.63) is 114 Å². The van der Waals surface area contributed by atoms with E-state index in [4.69, 9.17) is 19.3 Å². The molecule has 5 aromatic rings. The Morgan fingerprint density at radius 2 is 1.59 bits per heavy atom. The van der Waals surface area contributed by atoms with Crippen LogP contribution in [0.15, 0.2) is 96.5 Å². The number of aromatic nitrogens is 3. The zero-order chi connectivity index (χ0) is 37.2. The largest absolute Gasteiger partial charge is 0.491 e. The van der Waals surface area contributed by atoms with Gasteiger partial charge in [0.1, 0.15) is 36.4 Å². The molecule has 0 saturated carbocycles. The monoisotopic (exact) mass is 726 g/mol. The first-order valence-electron chi connectivity index (χ1n) is 17.5. The molecular weight excluding hydrogens is 692 g/mol. The molecule has 14 heteroatoms. The predicted molar refractivity (Wildman–Crippen MR) is 194 cm³/mol.